The summed E-state index contributed by atoms with van der Waals surface area (Å²) in [5.74, 6) is -0.122. The van der Waals surface area contributed by atoms with Crippen LogP contribution in [0.25, 0.3) is 0 Å². The van der Waals surface area contributed by atoms with Crippen LogP contribution in [0, 0.1) is 6.92 Å². The Morgan fingerprint density at radius 3 is 2.52 bits per heavy atom. The Morgan fingerprint density at radius 2 is 1.81 bits per heavy atom. The quantitative estimate of drug-likeness (QED) is 0.572. The maximum Gasteiger partial charge on any atom is 0.251 e. The van der Waals surface area contributed by atoms with Crippen molar-refractivity contribution < 1.29 is 9.53 Å². The summed E-state index contributed by atoms with van der Waals surface area (Å²) in [5.41, 5.74) is 5.71. The van der Waals surface area contributed by atoms with Crippen molar-refractivity contribution in [2.75, 3.05) is 12.4 Å². The summed E-state index contributed by atoms with van der Waals surface area (Å²) < 4.78 is 5.02. The van der Waals surface area contributed by atoms with Gasteiger partial charge in [0.15, 0.2) is 0 Å². The summed E-state index contributed by atoms with van der Waals surface area (Å²) in [6, 6.07) is 17.8. The standard InChI is InChI=1S/C21H24N4O2/c1-15-3-5-16(6-4-15)12-22-18-9-7-17(8-10-18)21(26)23-13-19-11-20(14-27-2)25-24-19/h3-11,22H,12-14H2,1-2H3,(H,23,26)(H,24,25). The number of benzene rings is 2. The molecule has 1 amide bonds. The number of methoxy groups -OCH3 is 1. The lowest BCUT2D eigenvalue weighted by molar-refractivity contribution is 0.0950. The van der Waals surface area contributed by atoms with Gasteiger partial charge in [-0.2, -0.15) is 5.10 Å². The fourth-order valence-electron chi connectivity index (χ4n) is 2.65. The molecule has 0 saturated heterocycles. The first kappa shape index (κ1) is 18.7. The van der Waals surface area contributed by atoms with E-state index in [1.165, 1.54) is 11.1 Å². The number of anilines is 1. The first-order valence-electron chi connectivity index (χ1n) is 8.84. The van der Waals surface area contributed by atoms with Gasteiger partial charge in [0.25, 0.3) is 5.91 Å². The molecule has 0 spiro atoms. The van der Waals surface area contributed by atoms with Crippen molar-refractivity contribution in [3.05, 3.63) is 82.7 Å². The number of carbonyl (C=O) groups excluding carboxylic acids is 1. The first-order valence-corrected chi connectivity index (χ1v) is 8.84. The Morgan fingerprint density at radius 1 is 1.07 bits per heavy atom. The summed E-state index contributed by atoms with van der Waals surface area (Å²) in [5, 5.41) is 13.2. The number of aromatic nitrogens is 2. The van der Waals surface area contributed by atoms with Gasteiger partial charge in [-0.25, -0.2) is 0 Å². The average Bonchev–Trinajstić information content (AvgIpc) is 3.14. The molecule has 0 aliphatic heterocycles. The van der Waals surface area contributed by atoms with Gasteiger partial charge in [-0.05, 0) is 42.8 Å². The molecule has 27 heavy (non-hydrogen) atoms. The molecule has 0 aliphatic carbocycles. The normalized spacial score (nSPS) is 10.6. The summed E-state index contributed by atoms with van der Waals surface area (Å²) in [7, 11) is 1.62. The molecule has 6 nitrogen and oxygen atoms in total. The molecule has 1 aromatic heterocycles. The van der Waals surface area contributed by atoms with Crippen LogP contribution in [-0.2, 0) is 24.4 Å². The van der Waals surface area contributed by atoms with E-state index in [1.807, 2.05) is 30.3 Å². The Labute approximate surface area is 159 Å². The van der Waals surface area contributed by atoms with Crippen LogP contribution in [0.15, 0.2) is 54.6 Å². The third-order valence-electron chi connectivity index (χ3n) is 4.18. The fraction of sp³-hybridized carbons (Fsp3) is 0.238. The first-order chi connectivity index (χ1) is 13.1. The van der Waals surface area contributed by atoms with Crippen LogP contribution in [-0.4, -0.2) is 23.2 Å². The van der Waals surface area contributed by atoms with Gasteiger partial charge in [0.05, 0.1) is 24.5 Å². The number of nitrogens with zero attached hydrogens (tertiary/aromatic N) is 1. The highest BCUT2D eigenvalue weighted by atomic mass is 16.5. The predicted molar refractivity (Wildman–Crippen MR) is 105 cm³/mol. The Bertz CT molecular complexity index is 870. The van der Waals surface area contributed by atoms with Crippen LogP contribution >= 0.6 is 0 Å². The minimum Gasteiger partial charge on any atom is -0.381 e. The van der Waals surface area contributed by atoms with Gasteiger partial charge >= 0.3 is 0 Å². The van der Waals surface area contributed by atoms with Crippen LogP contribution in [0.2, 0.25) is 0 Å². The van der Waals surface area contributed by atoms with Gasteiger partial charge in [-0.15, -0.1) is 0 Å². The van der Waals surface area contributed by atoms with Crippen molar-refractivity contribution in [3.8, 4) is 0 Å². The van der Waals surface area contributed by atoms with Crippen molar-refractivity contribution in [2.24, 2.45) is 0 Å². The number of ether oxygens (including phenoxy) is 1. The lowest BCUT2D eigenvalue weighted by atomic mass is 10.1. The maximum absolute atomic E-state index is 12.3. The molecule has 0 bridgehead atoms. The Hall–Kier alpha value is -3.12. The zero-order valence-corrected chi connectivity index (χ0v) is 15.6. The van der Waals surface area contributed by atoms with Crippen LogP contribution in [0.4, 0.5) is 5.69 Å². The Kier molecular flexibility index (Phi) is 6.22. The summed E-state index contributed by atoms with van der Waals surface area (Å²) in [6.07, 6.45) is 0. The van der Waals surface area contributed by atoms with E-state index in [4.69, 9.17) is 4.74 Å². The number of rotatable bonds is 8. The fourth-order valence-corrected chi connectivity index (χ4v) is 2.65. The van der Waals surface area contributed by atoms with E-state index >= 15 is 0 Å². The highest BCUT2D eigenvalue weighted by Crippen LogP contribution is 2.12. The minimum atomic E-state index is -0.122. The van der Waals surface area contributed by atoms with Crippen LogP contribution in [0.3, 0.4) is 0 Å². The molecule has 0 atom stereocenters. The zero-order valence-electron chi connectivity index (χ0n) is 15.6. The predicted octanol–water partition coefficient (Wildman–Crippen LogP) is 3.41. The van der Waals surface area contributed by atoms with Crippen molar-refractivity contribution in [1.29, 1.82) is 0 Å². The van der Waals surface area contributed by atoms with Gasteiger partial charge in [0.2, 0.25) is 0 Å². The smallest absolute Gasteiger partial charge is 0.251 e. The monoisotopic (exact) mass is 364 g/mol. The molecule has 0 radical (unpaired) electrons. The number of hydrogen-bond acceptors (Lipinski definition) is 4. The number of H-pyrrole nitrogens is 1. The van der Waals surface area contributed by atoms with Gasteiger partial charge in [-0.1, -0.05) is 29.8 Å². The van der Waals surface area contributed by atoms with Crippen LogP contribution in [0.5, 0.6) is 0 Å². The number of nitrogens with one attached hydrogen (secondary N) is 3. The van der Waals surface area contributed by atoms with Crippen LogP contribution < -0.4 is 10.6 Å². The SMILES string of the molecule is COCc1cc(CNC(=O)c2ccc(NCc3ccc(C)cc3)cc2)[nH]n1. The second kappa shape index (κ2) is 9.00. The molecule has 0 unspecified atom stereocenters. The molecule has 3 rings (SSSR count). The lowest BCUT2D eigenvalue weighted by Gasteiger charge is -2.08. The molecule has 0 fully saturated rings. The molecule has 3 N–H and O–H groups in total. The van der Waals surface area contributed by atoms with E-state index in [-0.39, 0.29) is 5.91 Å². The zero-order chi connectivity index (χ0) is 19.1. The van der Waals surface area contributed by atoms with Crippen LogP contribution in [0.1, 0.15) is 32.9 Å². The van der Waals surface area contributed by atoms with Crippen molar-refractivity contribution >= 4 is 11.6 Å². The topological polar surface area (TPSA) is 79.0 Å². The Balaban J connectivity index is 1.49. The number of aromatic amines is 1. The summed E-state index contributed by atoms with van der Waals surface area (Å²) in [6.45, 7) is 3.66. The van der Waals surface area contributed by atoms with E-state index in [0.717, 1.165) is 23.6 Å². The highest BCUT2D eigenvalue weighted by molar-refractivity contribution is 5.94. The lowest BCUT2D eigenvalue weighted by Crippen LogP contribution is -2.22. The molecule has 140 valence electrons. The summed E-state index contributed by atoms with van der Waals surface area (Å²) in [4.78, 5) is 12.3. The van der Waals surface area contributed by atoms with Gasteiger partial charge in [0, 0.05) is 24.9 Å². The molecule has 0 aliphatic rings. The van der Waals surface area contributed by atoms with E-state index in [9.17, 15) is 4.79 Å². The molecule has 6 heteroatoms. The average molecular weight is 364 g/mol. The van der Waals surface area contributed by atoms with Gasteiger partial charge in [0.1, 0.15) is 0 Å². The van der Waals surface area contributed by atoms with E-state index < -0.39 is 0 Å². The number of carbonyl (C=O) groups is 1. The number of hydrogen-bond donors (Lipinski definition) is 3. The molecular weight excluding hydrogens is 340 g/mol. The number of amides is 1. The van der Waals surface area contributed by atoms with E-state index in [0.29, 0.717) is 18.7 Å². The number of aryl methyl sites for hydroxylation is 1. The molecule has 3 aromatic rings. The third kappa shape index (κ3) is 5.43. The second-order valence-corrected chi connectivity index (χ2v) is 6.42. The largest absolute Gasteiger partial charge is 0.381 e. The van der Waals surface area contributed by atoms with E-state index in [1.54, 1.807) is 7.11 Å². The van der Waals surface area contributed by atoms with Gasteiger partial charge < -0.3 is 15.4 Å². The van der Waals surface area contributed by atoms with Crippen molar-refractivity contribution in [3.63, 3.8) is 0 Å². The molecule has 0 saturated carbocycles. The molecule has 2 aromatic carbocycles. The van der Waals surface area contributed by atoms with Gasteiger partial charge in [-0.3, -0.25) is 9.89 Å². The molecule has 1 heterocycles. The third-order valence-corrected chi connectivity index (χ3v) is 4.18. The highest BCUT2D eigenvalue weighted by Gasteiger charge is 2.07. The maximum atomic E-state index is 12.3. The minimum absolute atomic E-state index is 0.122. The van der Waals surface area contributed by atoms with Crippen molar-refractivity contribution in [2.45, 2.75) is 26.6 Å². The molecular formula is C21H24N4O2. The second-order valence-electron chi connectivity index (χ2n) is 6.42. The van der Waals surface area contributed by atoms with Crippen molar-refractivity contribution in [1.82, 2.24) is 15.5 Å². The summed E-state index contributed by atoms with van der Waals surface area (Å²) >= 11 is 0. The van der Waals surface area contributed by atoms with E-state index in [2.05, 4.69) is 52.0 Å².